The third-order valence-electron chi connectivity index (χ3n) is 4.62. The molecule has 3 aromatic rings. The number of nitrogens with two attached hydrogens (primary N) is 1. The summed E-state index contributed by atoms with van der Waals surface area (Å²) < 4.78 is 14.7. The number of benzene rings is 1. The molecule has 0 spiro atoms. The highest BCUT2D eigenvalue weighted by atomic mass is 127. The van der Waals surface area contributed by atoms with Crippen LogP contribution in [0.25, 0.3) is 5.69 Å². The summed E-state index contributed by atoms with van der Waals surface area (Å²) >= 11 is 1.65. The molecule has 1 aromatic carbocycles. The Morgan fingerprint density at radius 2 is 1.97 bits per heavy atom. The van der Waals surface area contributed by atoms with Crippen LogP contribution < -0.4 is 16.4 Å². The van der Waals surface area contributed by atoms with E-state index in [1.54, 1.807) is 30.5 Å². The number of thiazole rings is 1. The molecular weight excluding hydrogens is 542 g/mol. The van der Waals surface area contributed by atoms with E-state index in [9.17, 15) is 9.65 Å². The van der Waals surface area contributed by atoms with Gasteiger partial charge in [-0.2, -0.15) is 10.4 Å². The normalized spacial score (nSPS) is 11.0. The molecule has 0 aliphatic carbocycles. The van der Waals surface area contributed by atoms with Crippen molar-refractivity contribution in [1.82, 2.24) is 25.4 Å². The summed E-state index contributed by atoms with van der Waals surface area (Å²) in [5.41, 5.74) is 8.75. The standard InChI is InChI=1S/C21H25FN8S.HI/c1-14-28-16(13-31-14)9-11-27-21(25-2)26-10-3-4-19-18(12-23)20(24)30(29-19)17-7-5-15(22)6-8-17;/h5-8,13H,3-4,9-11,24H2,1-2H3,(H2,25,26,27);1H. The quantitative estimate of drug-likeness (QED) is 0.166. The summed E-state index contributed by atoms with van der Waals surface area (Å²) in [7, 11) is 1.72. The minimum Gasteiger partial charge on any atom is -0.382 e. The lowest BCUT2D eigenvalue weighted by atomic mass is 10.1. The van der Waals surface area contributed by atoms with E-state index in [0.717, 1.165) is 30.1 Å². The maximum Gasteiger partial charge on any atom is 0.190 e. The topological polar surface area (TPSA) is 117 Å². The molecule has 0 saturated heterocycles. The van der Waals surface area contributed by atoms with Crippen molar-refractivity contribution in [1.29, 1.82) is 5.26 Å². The van der Waals surface area contributed by atoms with Gasteiger partial charge >= 0.3 is 0 Å². The number of hydrogen-bond donors (Lipinski definition) is 3. The number of nitriles is 1. The number of halogens is 2. The van der Waals surface area contributed by atoms with Crippen molar-refractivity contribution in [2.75, 3.05) is 25.9 Å². The number of nitrogens with zero attached hydrogens (tertiary/aromatic N) is 5. The minimum atomic E-state index is -0.343. The molecule has 0 saturated carbocycles. The van der Waals surface area contributed by atoms with Crippen LogP contribution >= 0.6 is 35.3 Å². The molecule has 2 heterocycles. The van der Waals surface area contributed by atoms with Gasteiger partial charge in [-0.1, -0.05) is 0 Å². The van der Waals surface area contributed by atoms with Crippen molar-refractivity contribution < 1.29 is 4.39 Å². The van der Waals surface area contributed by atoms with Crippen LogP contribution in [0, 0.1) is 24.1 Å². The molecule has 11 heteroatoms. The first-order valence-electron chi connectivity index (χ1n) is 9.90. The molecule has 0 radical (unpaired) electrons. The van der Waals surface area contributed by atoms with E-state index in [4.69, 9.17) is 5.73 Å². The largest absolute Gasteiger partial charge is 0.382 e. The molecule has 0 unspecified atom stereocenters. The summed E-state index contributed by atoms with van der Waals surface area (Å²) in [5.74, 6) is 0.626. The van der Waals surface area contributed by atoms with Crippen LogP contribution in [0.4, 0.5) is 10.2 Å². The Balaban J connectivity index is 0.00000363. The molecule has 0 aliphatic rings. The lowest BCUT2D eigenvalue weighted by molar-refractivity contribution is 0.627. The van der Waals surface area contributed by atoms with Crippen molar-refractivity contribution in [2.45, 2.75) is 26.2 Å². The van der Waals surface area contributed by atoms with Crippen LogP contribution in [0.15, 0.2) is 34.6 Å². The Kier molecular flexibility index (Phi) is 9.86. The van der Waals surface area contributed by atoms with E-state index in [-0.39, 0.29) is 35.6 Å². The summed E-state index contributed by atoms with van der Waals surface area (Å²) in [6.45, 7) is 3.39. The number of nitrogen functional groups attached to an aromatic ring is 1. The number of aromatic nitrogens is 3. The zero-order valence-corrected chi connectivity index (χ0v) is 21.1. The molecule has 0 aliphatic heterocycles. The first kappa shape index (κ1) is 25.5. The van der Waals surface area contributed by atoms with Crippen molar-refractivity contribution in [3.63, 3.8) is 0 Å². The molecule has 170 valence electrons. The van der Waals surface area contributed by atoms with Gasteiger partial charge in [0.25, 0.3) is 0 Å². The average Bonchev–Trinajstić information content (AvgIpc) is 3.32. The number of guanidine groups is 1. The van der Waals surface area contributed by atoms with Crippen molar-refractivity contribution in [2.24, 2.45) is 4.99 Å². The highest BCUT2D eigenvalue weighted by Gasteiger charge is 2.16. The molecule has 0 amide bonds. The molecule has 32 heavy (non-hydrogen) atoms. The van der Waals surface area contributed by atoms with Crippen LogP contribution in [0.2, 0.25) is 0 Å². The Morgan fingerprint density at radius 3 is 2.59 bits per heavy atom. The molecule has 8 nitrogen and oxygen atoms in total. The van der Waals surface area contributed by atoms with E-state index in [2.05, 4.69) is 37.2 Å². The van der Waals surface area contributed by atoms with E-state index >= 15 is 0 Å². The number of nitrogens with one attached hydrogen (secondary N) is 2. The van der Waals surface area contributed by atoms with Gasteiger partial charge in [0.15, 0.2) is 5.96 Å². The monoisotopic (exact) mass is 568 g/mol. The van der Waals surface area contributed by atoms with Gasteiger partial charge in [-0.15, -0.1) is 35.3 Å². The van der Waals surface area contributed by atoms with E-state index in [1.165, 1.54) is 16.8 Å². The van der Waals surface area contributed by atoms with Crippen LogP contribution in [0.1, 0.15) is 28.4 Å². The number of hydrogen-bond acceptors (Lipinski definition) is 6. The predicted molar refractivity (Wildman–Crippen MR) is 136 cm³/mol. The van der Waals surface area contributed by atoms with Gasteiger partial charge in [0, 0.05) is 31.9 Å². The Bertz CT molecular complexity index is 1080. The third kappa shape index (κ3) is 6.64. The minimum absolute atomic E-state index is 0. The SMILES string of the molecule is CN=C(NCCCc1nn(-c2ccc(F)cc2)c(N)c1C#N)NCCc1csc(C)n1.I. The number of aryl methyl sites for hydroxylation is 2. The predicted octanol–water partition coefficient (Wildman–Crippen LogP) is 3.19. The second-order valence-electron chi connectivity index (χ2n) is 6.84. The Hall–Kier alpha value is -2.72. The fraction of sp³-hybridized carbons (Fsp3) is 0.333. The maximum absolute atomic E-state index is 13.2. The zero-order valence-electron chi connectivity index (χ0n) is 17.9. The highest BCUT2D eigenvalue weighted by molar-refractivity contribution is 14.0. The van der Waals surface area contributed by atoms with Crippen LogP contribution in [-0.4, -0.2) is 40.9 Å². The number of aliphatic imine (C=N–C) groups is 1. The molecule has 0 fully saturated rings. The lowest BCUT2D eigenvalue weighted by Crippen LogP contribution is -2.38. The van der Waals surface area contributed by atoms with Crippen LogP contribution in [-0.2, 0) is 12.8 Å². The van der Waals surface area contributed by atoms with Gasteiger partial charge in [0.1, 0.15) is 23.3 Å². The third-order valence-corrected chi connectivity index (χ3v) is 5.45. The molecule has 2 aromatic heterocycles. The first-order chi connectivity index (χ1) is 15.0. The molecule has 4 N–H and O–H groups in total. The second kappa shape index (κ2) is 12.4. The number of rotatable bonds is 8. The van der Waals surface area contributed by atoms with E-state index < -0.39 is 0 Å². The van der Waals surface area contributed by atoms with E-state index in [0.29, 0.717) is 35.9 Å². The molecule has 0 bridgehead atoms. The smallest absolute Gasteiger partial charge is 0.190 e. The average molecular weight is 568 g/mol. The van der Waals surface area contributed by atoms with Gasteiger partial charge in [-0.25, -0.2) is 14.1 Å². The van der Waals surface area contributed by atoms with Gasteiger partial charge in [-0.3, -0.25) is 4.99 Å². The van der Waals surface area contributed by atoms with Crippen molar-refractivity contribution in [3.8, 4) is 11.8 Å². The van der Waals surface area contributed by atoms with Crippen LogP contribution in [0.3, 0.4) is 0 Å². The summed E-state index contributed by atoms with van der Waals surface area (Å²) in [6, 6.07) is 7.95. The Labute approximate surface area is 207 Å². The van der Waals surface area contributed by atoms with Gasteiger partial charge in [0.05, 0.1) is 22.1 Å². The summed E-state index contributed by atoms with van der Waals surface area (Å²) in [6.07, 6.45) is 2.14. The van der Waals surface area contributed by atoms with Crippen molar-refractivity contribution >= 4 is 47.1 Å². The fourth-order valence-electron chi connectivity index (χ4n) is 3.07. The highest BCUT2D eigenvalue weighted by Crippen LogP contribution is 2.21. The van der Waals surface area contributed by atoms with Crippen LogP contribution in [0.5, 0.6) is 0 Å². The van der Waals surface area contributed by atoms with Gasteiger partial charge in [-0.05, 0) is 44.0 Å². The van der Waals surface area contributed by atoms with Gasteiger partial charge < -0.3 is 16.4 Å². The molecule has 3 rings (SSSR count). The zero-order chi connectivity index (χ0) is 22.2. The fourth-order valence-corrected chi connectivity index (χ4v) is 3.72. The first-order valence-corrected chi connectivity index (χ1v) is 10.8. The summed E-state index contributed by atoms with van der Waals surface area (Å²) in [5, 5.41) is 23.6. The lowest BCUT2D eigenvalue weighted by Gasteiger charge is -2.11. The van der Waals surface area contributed by atoms with Crippen molar-refractivity contribution in [3.05, 3.63) is 57.4 Å². The van der Waals surface area contributed by atoms with E-state index in [1.807, 2.05) is 6.92 Å². The number of anilines is 1. The van der Waals surface area contributed by atoms with Gasteiger partial charge in [0.2, 0.25) is 0 Å². The molecular formula is C21H26FIN8S. The molecule has 0 atom stereocenters. The Morgan fingerprint density at radius 1 is 1.25 bits per heavy atom. The second-order valence-corrected chi connectivity index (χ2v) is 7.91. The maximum atomic E-state index is 13.2. The summed E-state index contributed by atoms with van der Waals surface area (Å²) in [4.78, 5) is 8.67.